The third-order valence-electron chi connectivity index (χ3n) is 13.1. The number of thiazole rings is 1. The van der Waals surface area contributed by atoms with Gasteiger partial charge in [0.25, 0.3) is 11.8 Å². The van der Waals surface area contributed by atoms with Gasteiger partial charge in [0, 0.05) is 38.9 Å². The monoisotopic (exact) mass is 1050 g/mol. The zero-order valence-corrected chi connectivity index (χ0v) is 43.0. The first kappa shape index (κ1) is 50.9. The van der Waals surface area contributed by atoms with Crippen molar-refractivity contribution in [2.24, 2.45) is 5.16 Å². The number of fused-ring (bicyclic) bond motifs is 2. The second-order valence-corrected chi connectivity index (χ2v) is 20.6. The van der Waals surface area contributed by atoms with E-state index in [0.29, 0.717) is 34.9 Å². The summed E-state index contributed by atoms with van der Waals surface area (Å²) in [5, 5.41) is 11.5. The van der Waals surface area contributed by atoms with Crippen LogP contribution in [0.2, 0.25) is 0 Å². The molecular weight excluding hydrogens is 1000 g/mol. The maximum absolute atomic E-state index is 15.0. The Kier molecular flexibility index (Phi) is 14.8. The standard InChI is InChI=1S/C58H50N6O10S2/c1-36(65)72-47-29-40-31-63(32-41(40)30-48(47)73-37(2)66)33-42-35-76(70)55-50(54(68)64(55)51(42)56(69)74-52(38-19-9-4-10-20-38)39-21-11-5-12-22-39)60-53(67)49(62-71-3)46-34-75-57(59-46)61-58(43-23-13-6-14-24-43,44-25-15-7-16-26-44)45-27-17-8-18-28-45/h4-30,34,50,52,55H,31-33,35H2,1-3H3,(H,59,61)(H,60,67)/b62-49-/t50?,55-,76?/m1/s1. The van der Waals surface area contributed by atoms with Crippen LogP contribution in [0.5, 0.6) is 11.5 Å². The normalized spacial score (nSPS) is 17.3. The molecule has 0 saturated carbocycles. The fourth-order valence-corrected chi connectivity index (χ4v) is 12.3. The predicted molar refractivity (Wildman–Crippen MR) is 285 cm³/mol. The molecule has 76 heavy (non-hydrogen) atoms. The number of aromatic nitrogens is 1. The summed E-state index contributed by atoms with van der Waals surface area (Å²) in [7, 11) is -0.567. The van der Waals surface area contributed by atoms with Gasteiger partial charge in [-0.1, -0.05) is 157 Å². The van der Waals surface area contributed by atoms with Crippen molar-refractivity contribution in [1.82, 2.24) is 20.1 Å². The second kappa shape index (κ2) is 22.1. The molecule has 1 fully saturated rings. The van der Waals surface area contributed by atoms with Gasteiger partial charge in [-0.05, 0) is 56.6 Å². The fourth-order valence-electron chi connectivity index (χ4n) is 9.92. The highest BCUT2D eigenvalue weighted by Gasteiger charge is 2.58. The molecular formula is C58H50N6O10S2. The van der Waals surface area contributed by atoms with Gasteiger partial charge in [0.1, 0.15) is 35.5 Å². The molecule has 1 saturated heterocycles. The van der Waals surface area contributed by atoms with E-state index in [-0.39, 0.29) is 40.9 Å². The van der Waals surface area contributed by atoms with Crippen molar-refractivity contribution >= 4 is 62.7 Å². The summed E-state index contributed by atoms with van der Waals surface area (Å²) >= 11 is 1.25. The zero-order valence-electron chi connectivity index (χ0n) is 41.4. The Labute approximate surface area is 444 Å². The number of nitrogens with one attached hydrogen (secondary N) is 2. The zero-order chi connectivity index (χ0) is 52.9. The van der Waals surface area contributed by atoms with Crippen LogP contribution >= 0.6 is 11.3 Å². The number of carbonyl (C=O) groups is 5. The molecule has 3 atom stereocenters. The van der Waals surface area contributed by atoms with Gasteiger partial charge in [0.05, 0.1) is 16.6 Å². The van der Waals surface area contributed by atoms with E-state index in [9.17, 15) is 28.2 Å². The average Bonchev–Trinajstić information content (AvgIpc) is 4.13. The summed E-state index contributed by atoms with van der Waals surface area (Å²) < 4.78 is 31.7. The number of hydrogen-bond acceptors (Lipinski definition) is 15. The number of carbonyl (C=O) groups excluding carboxylic acids is 5. The number of anilines is 1. The van der Waals surface area contributed by atoms with E-state index in [1.54, 1.807) is 17.5 Å². The van der Waals surface area contributed by atoms with Gasteiger partial charge in [-0.2, -0.15) is 0 Å². The summed E-state index contributed by atoms with van der Waals surface area (Å²) in [4.78, 5) is 81.3. The van der Waals surface area contributed by atoms with E-state index in [4.69, 9.17) is 24.0 Å². The minimum atomic E-state index is -1.85. The molecule has 2 N–H and O–H groups in total. The highest BCUT2D eigenvalue weighted by atomic mass is 32.2. The topological polar surface area (TPSA) is 195 Å². The molecule has 0 radical (unpaired) electrons. The third kappa shape index (κ3) is 10.3. The summed E-state index contributed by atoms with van der Waals surface area (Å²) in [6, 6.07) is 50.2. The molecule has 2 amide bonds. The summed E-state index contributed by atoms with van der Waals surface area (Å²) in [5.74, 6) is -3.56. The Hall–Kier alpha value is -8.58. The van der Waals surface area contributed by atoms with E-state index >= 15 is 0 Å². The number of hydrogen-bond donors (Lipinski definition) is 2. The lowest BCUT2D eigenvalue weighted by Gasteiger charge is -2.49. The van der Waals surface area contributed by atoms with E-state index < -0.39 is 63.6 Å². The van der Waals surface area contributed by atoms with Gasteiger partial charge >= 0.3 is 17.9 Å². The number of rotatable bonds is 17. The number of amides is 2. The average molecular weight is 1060 g/mol. The number of benzene rings is 6. The van der Waals surface area contributed by atoms with Gasteiger partial charge in [0.2, 0.25) is 0 Å². The Balaban J connectivity index is 0.947. The molecule has 18 heteroatoms. The summed E-state index contributed by atoms with van der Waals surface area (Å²) in [6.07, 6.45) is -0.889. The number of β-lactam (4-membered cyclic amide) rings is 1. The molecule has 0 bridgehead atoms. The first-order valence-corrected chi connectivity index (χ1v) is 26.5. The van der Waals surface area contributed by atoms with Crippen molar-refractivity contribution in [2.45, 2.75) is 50.0 Å². The Bertz CT molecular complexity index is 3230. The Morgan fingerprint density at radius 2 is 1.24 bits per heavy atom. The fraction of sp³-hybridized carbons (Fsp3) is 0.190. The van der Waals surface area contributed by atoms with E-state index in [1.807, 2.05) is 157 Å². The number of oxime groups is 1. The largest absolute Gasteiger partial charge is 0.448 e. The van der Waals surface area contributed by atoms with Gasteiger partial charge in [0.15, 0.2) is 28.4 Å². The van der Waals surface area contributed by atoms with Gasteiger partial charge in [-0.15, -0.1) is 11.3 Å². The van der Waals surface area contributed by atoms with Crippen molar-refractivity contribution in [3.63, 3.8) is 0 Å². The van der Waals surface area contributed by atoms with Crippen molar-refractivity contribution in [3.8, 4) is 11.5 Å². The predicted octanol–water partition coefficient (Wildman–Crippen LogP) is 7.77. The summed E-state index contributed by atoms with van der Waals surface area (Å²) in [6.45, 7) is 3.15. The smallest absolute Gasteiger partial charge is 0.356 e. The Morgan fingerprint density at radius 1 is 0.750 bits per heavy atom. The van der Waals surface area contributed by atoms with Crippen LogP contribution in [0.1, 0.15) is 64.6 Å². The molecule has 16 nitrogen and oxygen atoms in total. The summed E-state index contributed by atoms with van der Waals surface area (Å²) in [5.41, 5.74) is 4.96. The van der Waals surface area contributed by atoms with Crippen LogP contribution in [0.3, 0.4) is 0 Å². The number of nitrogens with zero attached hydrogens (tertiary/aromatic N) is 4. The molecule has 10 rings (SSSR count). The molecule has 7 aromatic rings. The molecule has 3 aliphatic rings. The third-order valence-corrected chi connectivity index (χ3v) is 15.6. The van der Waals surface area contributed by atoms with Crippen LogP contribution in [0, 0.1) is 0 Å². The van der Waals surface area contributed by atoms with Crippen molar-refractivity contribution in [1.29, 1.82) is 0 Å². The van der Waals surface area contributed by atoms with E-state index in [0.717, 1.165) is 27.8 Å². The van der Waals surface area contributed by atoms with E-state index in [2.05, 4.69) is 15.8 Å². The van der Waals surface area contributed by atoms with Gasteiger partial charge < -0.3 is 29.7 Å². The molecule has 0 spiro atoms. The molecule has 1 aromatic heterocycles. The van der Waals surface area contributed by atoms with Crippen LogP contribution in [-0.2, 0) is 63.0 Å². The highest BCUT2D eigenvalue weighted by Crippen LogP contribution is 2.43. The molecule has 2 unspecified atom stereocenters. The van der Waals surface area contributed by atoms with Gasteiger partial charge in [-0.3, -0.25) is 33.2 Å². The molecule has 3 aliphatic heterocycles. The van der Waals surface area contributed by atoms with Crippen molar-refractivity contribution < 1.29 is 47.2 Å². The minimum Gasteiger partial charge on any atom is -0.448 e. The number of ether oxygens (including phenoxy) is 3. The Morgan fingerprint density at radius 3 is 1.71 bits per heavy atom. The second-order valence-electron chi connectivity index (χ2n) is 18.2. The van der Waals surface area contributed by atoms with Crippen molar-refractivity contribution in [3.05, 3.63) is 225 Å². The lowest BCUT2D eigenvalue weighted by atomic mass is 9.77. The van der Waals surface area contributed by atoms with Crippen LogP contribution in [-0.4, -0.2) is 85.2 Å². The number of esters is 3. The molecule has 6 aromatic carbocycles. The quantitative estimate of drug-likeness (QED) is 0.0225. The maximum Gasteiger partial charge on any atom is 0.356 e. The lowest BCUT2D eigenvalue weighted by Crippen LogP contribution is -2.74. The highest BCUT2D eigenvalue weighted by molar-refractivity contribution is 7.86. The molecule has 384 valence electrons. The lowest BCUT2D eigenvalue weighted by molar-refractivity contribution is -0.154. The first-order chi connectivity index (χ1) is 36.9. The van der Waals surface area contributed by atoms with Gasteiger partial charge in [-0.25, -0.2) is 9.78 Å². The van der Waals surface area contributed by atoms with Crippen LogP contribution < -0.4 is 20.1 Å². The molecule has 4 heterocycles. The van der Waals surface area contributed by atoms with Crippen molar-refractivity contribution in [2.75, 3.05) is 24.7 Å². The van der Waals surface area contributed by atoms with Crippen LogP contribution in [0.25, 0.3) is 0 Å². The maximum atomic E-state index is 15.0. The minimum absolute atomic E-state index is 0.0659. The molecule has 0 aliphatic carbocycles. The first-order valence-electron chi connectivity index (χ1n) is 24.2. The SMILES string of the molecule is CO/N=C(\C(=O)NC1C(=O)N2C(C(=O)OC(c3ccccc3)c3ccccc3)=C(CN3Cc4cc(OC(C)=O)c(OC(C)=O)cc4C3)CS(=O)[C@H]12)c1csc(NC(c2ccccc2)(c2ccccc2)c2ccccc2)n1. The van der Waals surface area contributed by atoms with Crippen LogP contribution in [0.15, 0.2) is 186 Å². The van der Waals surface area contributed by atoms with E-state index in [1.165, 1.54) is 37.2 Å². The van der Waals surface area contributed by atoms with Crippen LogP contribution in [0.4, 0.5) is 5.13 Å².